The highest BCUT2D eigenvalue weighted by molar-refractivity contribution is 7.89. The molecule has 1 heterocycles. The van der Waals surface area contributed by atoms with Gasteiger partial charge in [0.1, 0.15) is 4.90 Å². The molecular weight excluding hydrogens is 409 g/mol. The number of nitrogens with one attached hydrogen (secondary N) is 2. The molecule has 3 rings (SSSR count). The van der Waals surface area contributed by atoms with Gasteiger partial charge in [0.05, 0.1) is 10.0 Å². The Bertz CT molecular complexity index is 894. The van der Waals surface area contributed by atoms with Crippen molar-refractivity contribution in [2.45, 2.75) is 23.8 Å². The maximum Gasteiger partial charge on any atom is 0.321 e. The fraction of sp³-hybridized carbons (Fsp3) is 0.278. The van der Waals surface area contributed by atoms with Crippen LogP contribution in [0.2, 0.25) is 10.0 Å². The van der Waals surface area contributed by atoms with Crippen LogP contribution < -0.4 is 10.0 Å². The summed E-state index contributed by atoms with van der Waals surface area (Å²) >= 11 is 12.0. The molecule has 0 radical (unpaired) electrons. The SMILES string of the molecule is O=C(Nc1ccccc1)N1CCC(NS(=O)(=O)c2c(Cl)cccc2Cl)CC1. The van der Waals surface area contributed by atoms with Crippen LogP contribution in [0.4, 0.5) is 10.5 Å². The average Bonchev–Trinajstić information content (AvgIpc) is 2.62. The van der Waals surface area contributed by atoms with Gasteiger partial charge in [-0.3, -0.25) is 0 Å². The minimum atomic E-state index is -3.84. The second-order valence-corrected chi connectivity index (χ2v) is 8.69. The molecule has 2 aromatic carbocycles. The van der Waals surface area contributed by atoms with Gasteiger partial charge in [-0.15, -0.1) is 0 Å². The van der Waals surface area contributed by atoms with Crippen LogP contribution in [0.25, 0.3) is 0 Å². The molecule has 1 aliphatic rings. The van der Waals surface area contributed by atoms with E-state index in [2.05, 4.69) is 10.0 Å². The van der Waals surface area contributed by atoms with E-state index in [1.54, 1.807) is 11.0 Å². The summed E-state index contributed by atoms with van der Waals surface area (Å²) in [7, 11) is -3.84. The summed E-state index contributed by atoms with van der Waals surface area (Å²) in [6, 6.07) is 13.3. The number of sulfonamides is 1. The molecule has 1 aliphatic heterocycles. The largest absolute Gasteiger partial charge is 0.324 e. The van der Waals surface area contributed by atoms with E-state index >= 15 is 0 Å². The number of amides is 2. The number of likely N-dealkylation sites (tertiary alicyclic amines) is 1. The summed E-state index contributed by atoms with van der Waals surface area (Å²) in [5, 5.41) is 2.99. The number of halogens is 2. The predicted octanol–water partition coefficient (Wildman–Crippen LogP) is 3.97. The minimum absolute atomic E-state index is 0.0784. The van der Waals surface area contributed by atoms with Crippen LogP contribution in [0.5, 0.6) is 0 Å². The Hall–Kier alpha value is -1.80. The van der Waals surface area contributed by atoms with Crippen LogP contribution in [0, 0.1) is 0 Å². The molecule has 1 fully saturated rings. The van der Waals surface area contributed by atoms with Crippen molar-refractivity contribution in [3.05, 3.63) is 58.6 Å². The molecule has 2 amide bonds. The number of rotatable bonds is 4. The van der Waals surface area contributed by atoms with E-state index in [0.29, 0.717) is 25.9 Å². The van der Waals surface area contributed by atoms with Gasteiger partial charge >= 0.3 is 6.03 Å². The monoisotopic (exact) mass is 427 g/mol. The maximum atomic E-state index is 12.6. The molecule has 0 saturated carbocycles. The molecule has 2 aromatic rings. The first-order chi connectivity index (χ1) is 12.9. The van der Waals surface area contributed by atoms with Crippen molar-refractivity contribution < 1.29 is 13.2 Å². The molecular formula is C18H19Cl2N3O3S. The molecule has 27 heavy (non-hydrogen) atoms. The van der Waals surface area contributed by atoms with Crippen molar-refractivity contribution in [3.8, 4) is 0 Å². The summed E-state index contributed by atoms with van der Waals surface area (Å²) in [6.45, 7) is 0.893. The molecule has 1 saturated heterocycles. The Labute approximate surface area is 168 Å². The Morgan fingerprint density at radius 2 is 1.56 bits per heavy atom. The average molecular weight is 428 g/mol. The standard InChI is InChI=1S/C18H19Cl2N3O3S/c19-15-7-4-8-16(20)17(15)27(25,26)22-14-9-11-23(12-10-14)18(24)21-13-5-2-1-3-6-13/h1-8,14,22H,9-12H2,(H,21,24). The number of para-hydroxylation sites is 1. The van der Waals surface area contributed by atoms with E-state index in [1.165, 1.54) is 12.1 Å². The van der Waals surface area contributed by atoms with Crippen LogP contribution in [-0.4, -0.2) is 38.5 Å². The zero-order chi connectivity index (χ0) is 19.4. The van der Waals surface area contributed by atoms with Gasteiger partial charge in [-0.25, -0.2) is 17.9 Å². The number of carbonyl (C=O) groups is 1. The lowest BCUT2D eigenvalue weighted by molar-refractivity contribution is 0.193. The Balaban J connectivity index is 1.58. The van der Waals surface area contributed by atoms with Gasteiger partial charge in [0.15, 0.2) is 0 Å². The summed E-state index contributed by atoms with van der Waals surface area (Å²) in [6.07, 6.45) is 1.01. The van der Waals surface area contributed by atoms with Gasteiger partial charge in [0.2, 0.25) is 10.0 Å². The molecule has 9 heteroatoms. The van der Waals surface area contributed by atoms with E-state index < -0.39 is 10.0 Å². The van der Waals surface area contributed by atoms with E-state index in [4.69, 9.17) is 23.2 Å². The first-order valence-corrected chi connectivity index (χ1v) is 10.7. The van der Waals surface area contributed by atoms with Gasteiger partial charge < -0.3 is 10.2 Å². The van der Waals surface area contributed by atoms with Crippen LogP contribution in [-0.2, 0) is 10.0 Å². The van der Waals surface area contributed by atoms with E-state index in [9.17, 15) is 13.2 Å². The number of hydrogen-bond donors (Lipinski definition) is 2. The predicted molar refractivity (Wildman–Crippen MR) is 107 cm³/mol. The highest BCUT2D eigenvalue weighted by atomic mass is 35.5. The molecule has 0 aliphatic carbocycles. The maximum absolute atomic E-state index is 12.6. The van der Waals surface area contributed by atoms with Crippen molar-refractivity contribution in [2.24, 2.45) is 0 Å². The Morgan fingerprint density at radius 3 is 2.15 bits per heavy atom. The molecule has 2 N–H and O–H groups in total. The molecule has 0 bridgehead atoms. The highest BCUT2D eigenvalue weighted by Crippen LogP contribution is 2.29. The third kappa shape index (κ3) is 4.93. The lowest BCUT2D eigenvalue weighted by Gasteiger charge is -2.32. The third-order valence-electron chi connectivity index (χ3n) is 4.32. The van der Waals surface area contributed by atoms with Gasteiger partial charge in [-0.05, 0) is 37.1 Å². The van der Waals surface area contributed by atoms with Gasteiger partial charge in [-0.2, -0.15) is 0 Å². The fourth-order valence-corrected chi connectivity index (χ4v) is 5.39. The minimum Gasteiger partial charge on any atom is -0.324 e. The molecule has 144 valence electrons. The van der Waals surface area contributed by atoms with Crippen molar-refractivity contribution in [3.63, 3.8) is 0 Å². The van der Waals surface area contributed by atoms with Crippen molar-refractivity contribution in [2.75, 3.05) is 18.4 Å². The smallest absolute Gasteiger partial charge is 0.321 e. The van der Waals surface area contributed by atoms with Gasteiger partial charge in [0.25, 0.3) is 0 Å². The molecule has 0 unspecified atom stereocenters. The van der Waals surface area contributed by atoms with E-state index in [0.717, 1.165) is 5.69 Å². The Morgan fingerprint density at radius 1 is 0.963 bits per heavy atom. The second kappa shape index (κ2) is 8.48. The van der Waals surface area contributed by atoms with Crippen LogP contribution in [0.15, 0.2) is 53.4 Å². The number of hydrogen-bond acceptors (Lipinski definition) is 3. The summed E-state index contributed by atoms with van der Waals surface area (Å²) in [5.41, 5.74) is 0.721. The van der Waals surface area contributed by atoms with Crippen LogP contribution in [0.1, 0.15) is 12.8 Å². The zero-order valence-corrected chi connectivity index (χ0v) is 16.7. The quantitative estimate of drug-likeness (QED) is 0.774. The summed E-state index contributed by atoms with van der Waals surface area (Å²) < 4.78 is 27.9. The number of nitrogens with zero attached hydrogens (tertiary/aromatic N) is 1. The fourth-order valence-electron chi connectivity index (χ4n) is 2.94. The van der Waals surface area contributed by atoms with Gasteiger partial charge in [0, 0.05) is 24.8 Å². The number of benzene rings is 2. The molecule has 0 spiro atoms. The first kappa shape index (κ1) is 19.9. The molecule has 0 atom stereocenters. The highest BCUT2D eigenvalue weighted by Gasteiger charge is 2.29. The van der Waals surface area contributed by atoms with E-state index in [1.807, 2.05) is 30.3 Å². The van der Waals surface area contributed by atoms with Crippen LogP contribution >= 0.6 is 23.2 Å². The lowest BCUT2D eigenvalue weighted by atomic mass is 10.1. The van der Waals surface area contributed by atoms with Crippen molar-refractivity contribution in [1.82, 2.24) is 9.62 Å². The zero-order valence-electron chi connectivity index (χ0n) is 14.4. The summed E-state index contributed by atoms with van der Waals surface area (Å²) in [5.74, 6) is 0. The summed E-state index contributed by atoms with van der Waals surface area (Å²) in [4.78, 5) is 13.9. The third-order valence-corrected chi connectivity index (χ3v) is 6.79. The van der Waals surface area contributed by atoms with Gasteiger partial charge in [-0.1, -0.05) is 47.5 Å². The van der Waals surface area contributed by atoms with Crippen LogP contribution in [0.3, 0.4) is 0 Å². The first-order valence-electron chi connectivity index (χ1n) is 8.44. The number of piperidine rings is 1. The molecule has 0 aromatic heterocycles. The number of urea groups is 1. The molecule has 6 nitrogen and oxygen atoms in total. The lowest BCUT2D eigenvalue weighted by Crippen LogP contribution is -2.47. The number of anilines is 1. The Kier molecular flexibility index (Phi) is 6.26. The van der Waals surface area contributed by atoms with Crippen molar-refractivity contribution >= 4 is 44.9 Å². The topological polar surface area (TPSA) is 78.5 Å². The normalized spacial score (nSPS) is 15.6. The second-order valence-electron chi connectivity index (χ2n) is 6.23. The van der Waals surface area contributed by atoms with E-state index in [-0.39, 0.29) is 27.0 Å². The number of carbonyl (C=O) groups excluding carboxylic acids is 1. The van der Waals surface area contributed by atoms with Crippen molar-refractivity contribution in [1.29, 1.82) is 0 Å².